The lowest BCUT2D eigenvalue weighted by Gasteiger charge is -2.38. The van der Waals surface area contributed by atoms with Gasteiger partial charge in [-0.2, -0.15) is 0 Å². The lowest BCUT2D eigenvalue weighted by Crippen LogP contribution is -2.57. The predicted molar refractivity (Wildman–Crippen MR) is 111 cm³/mol. The summed E-state index contributed by atoms with van der Waals surface area (Å²) in [6.45, 7) is 4.66. The van der Waals surface area contributed by atoms with Gasteiger partial charge in [0.1, 0.15) is 6.04 Å². The summed E-state index contributed by atoms with van der Waals surface area (Å²) in [6.07, 6.45) is 3.44. The lowest BCUT2D eigenvalue weighted by atomic mass is 9.91. The van der Waals surface area contributed by atoms with Crippen LogP contribution in [0.25, 0.3) is 0 Å². The van der Waals surface area contributed by atoms with Crippen LogP contribution < -0.4 is 10.2 Å². The Hall–Kier alpha value is -3.49. The first-order valence-corrected chi connectivity index (χ1v) is 10.0. The molecule has 1 N–H and O–H groups in total. The van der Waals surface area contributed by atoms with Crippen LogP contribution in [0.5, 0.6) is 0 Å². The number of nitrogens with one attached hydrogen (secondary N) is 1. The Morgan fingerprint density at radius 3 is 2.40 bits per heavy atom. The standard InChI is InChI=1S/C21H24N6O3/c1-2-30-19(29)16-17(15-7-4-3-5-8-15)24-21(25-18(16)28)27-13-11-26(12-14-27)20-22-9-6-10-23-20/h3-10,16-17H,2,11-14H2,1H3,(H,24,25,28)/t16-,17-/m0/s1. The van der Waals surface area contributed by atoms with Crippen molar-refractivity contribution in [1.82, 2.24) is 20.2 Å². The molecule has 0 saturated carbocycles. The quantitative estimate of drug-likeness (QED) is 0.595. The Morgan fingerprint density at radius 1 is 1.07 bits per heavy atom. The minimum Gasteiger partial charge on any atom is -0.465 e. The number of anilines is 1. The van der Waals surface area contributed by atoms with Crippen molar-refractivity contribution in [2.75, 3.05) is 37.7 Å². The summed E-state index contributed by atoms with van der Waals surface area (Å²) in [5.41, 5.74) is 0.805. The zero-order valence-electron chi connectivity index (χ0n) is 16.8. The molecule has 1 amide bonds. The van der Waals surface area contributed by atoms with E-state index in [9.17, 15) is 9.59 Å². The maximum atomic E-state index is 12.9. The summed E-state index contributed by atoms with van der Waals surface area (Å²) in [7, 11) is 0. The van der Waals surface area contributed by atoms with Crippen LogP contribution >= 0.6 is 0 Å². The number of rotatable bonds is 4. The largest absolute Gasteiger partial charge is 0.465 e. The first-order valence-electron chi connectivity index (χ1n) is 10.0. The topological polar surface area (TPSA) is 100 Å². The first kappa shape index (κ1) is 19.8. The number of hydrogen-bond donors (Lipinski definition) is 1. The third-order valence-corrected chi connectivity index (χ3v) is 5.19. The Bertz CT molecular complexity index is 913. The van der Waals surface area contributed by atoms with Crippen molar-refractivity contribution in [3.8, 4) is 0 Å². The molecule has 1 aromatic heterocycles. The number of piperazine rings is 1. The van der Waals surface area contributed by atoms with Gasteiger partial charge < -0.3 is 14.5 Å². The van der Waals surface area contributed by atoms with Gasteiger partial charge in [0.25, 0.3) is 0 Å². The number of benzene rings is 1. The number of amides is 1. The van der Waals surface area contributed by atoms with Gasteiger partial charge in [0.05, 0.1) is 6.61 Å². The summed E-state index contributed by atoms with van der Waals surface area (Å²) in [6, 6.07) is 10.6. The highest BCUT2D eigenvalue weighted by Crippen LogP contribution is 2.31. The Labute approximate surface area is 174 Å². The van der Waals surface area contributed by atoms with Crippen LogP contribution in [0.2, 0.25) is 0 Å². The number of hydrogen-bond acceptors (Lipinski definition) is 8. The van der Waals surface area contributed by atoms with Crippen LogP contribution in [-0.2, 0) is 14.3 Å². The smallest absolute Gasteiger partial charge is 0.321 e. The molecule has 0 spiro atoms. The van der Waals surface area contributed by atoms with Crippen molar-refractivity contribution in [3.63, 3.8) is 0 Å². The SMILES string of the molecule is CCOC(=O)[C@@H]1C(=O)NC(N2CCN(c3ncccn3)CC2)=N[C@H]1c1ccccc1. The molecule has 30 heavy (non-hydrogen) atoms. The third kappa shape index (κ3) is 4.10. The number of nitrogens with zero attached hydrogens (tertiary/aromatic N) is 5. The van der Waals surface area contributed by atoms with E-state index in [0.29, 0.717) is 38.1 Å². The minimum absolute atomic E-state index is 0.213. The van der Waals surface area contributed by atoms with Crippen molar-refractivity contribution in [1.29, 1.82) is 0 Å². The molecule has 2 atom stereocenters. The number of guanidine groups is 1. The number of esters is 1. The summed E-state index contributed by atoms with van der Waals surface area (Å²) < 4.78 is 5.14. The van der Waals surface area contributed by atoms with Crippen molar-refractivity contribution < 1.29 is 14.3 Å². The van der Waals surface area contributed by atoms with Crippen LogP contribution in [-0.4, -0.2) is 65.5 Å². The van der Waals surface area contributed by atoms with Gasteiger partial charge in [-0.1, -0.05) is 30.3 Å². The zero-order chi connectivity index (χ0) is 20.9. The first-order chi connectivity index (χ1) is 14.7. The highest BCUT2D eigenvalue weighted by molar-refractivity contribution is 6.08. The number of aliphatic imine (C=N–C) groups is 1. The third-order valence-electron chi connectivity index (χ3n) is 5.19. The van der Waals surface area contributed by atoms with Gasteiger partial charge in [0.2, 0.25) is 17.8 Å². The van der Waals surface area contributed by atoms with E-state index in [4.69, 9.17) is 9.73 Å². The molecule has 1 saturated heterocycles. The Balaban J connectivity index is 1.55. The number of carbonyl (C=O) groups is 2. The molecule has 1 fully saturated rings. The lowest BCUT2D eigenvalue weighted by molar-refractivity contribution is -0.153. The Morgan fingerprint density at radius 2 is 1.73 bits per heavy atom. The molecule has 2 aromatic rings. The predicted octanol–water partition coefficient (Wildman–Crippen LogP) is 1.01. The van der Waals surface area contributed by atoms with E-state index >= 15 is 0 Å². The summed E-state index contributed by atoms with van der Waals surface area (Å²) in [4.78, 5) is 42.8. The van der Waals surface area contributed by atoms with Gasteiger partial charge in [-0.05, 0) is 18.6 Å². The molecule has 2 aliphatic rings. The molecule has 3 heterocycles. The minimum atomic E-state index is -1.00. The summed E-state index contributed by atoms with van der Waals surface area (Å²) in [5.74, 6) is -0.770. The van der Waals surface area contributed by atoms with Gasteiger partial charge in [0.15, 0.2) is 5.92 Å². The molecule has 0 radical (unpaired) electrons. The molecule has 1 aromatic carbocycles. The van der Waals surface area contributed by atoms with Gasteiger partial charge >= 0.3 is 5.97 Å². The highest BCUT2D eigenvalue weighted by Gasteiger charge is 2.42. The van der Waals surface area contributed by atoms with Gasteiger partial charge in [-0.15, -0.1) is 0 Å². The Kier molecular flexibility index (Phi) is 5.87. The zero-order valence-corrected chi connectivity index (χ0v) is 16.8. The molecule has 0 bridgehead atoms. The molecule has 9 nitrogen and oxygen atoms in total. The second kappa shape index (κ2) is 8.89. The van der Waals surface area contributed by atoms with Crippen LogP contribution in [0.3, 0.4) is 0 Å². The fourth-order valence-electron chi connectivity index (χ4n) is 3.69. The molecule has 9 heteroatoms. The second-order valence-electron chi connectivity index (χ2n) is 7.05. The fourth-order valence-corrected chi connectivity index (χ4v) is 3.69. The van der Waals surface area contributed by atoms with Gasteiger partial charge in [-0.3, -0.25) is 14.9 Å². The van der Waals surface area contributed by atoms with E-state index in [2.05, 4.69) is 20.2 Å². The van der Waals surface area contributed by atoms with Crippen molar-refractivity contribution in [2.45, 2.75) is 13.0 Å². The number of carbonyl (C=O) groups excluding carboxylic acids is 2. The van der Waals surface area contributed by atoms with Crippen LogP contribution in [0.1, 0.15) is 18.5 Å². The van der Waals surface area contributed by atoms with Crippen LogP contribution in [0, 0.1) is 5.92 Å². The number of aromatic nitrogens is 2. The van der Waals surface area contributed by atoms with Crippen molar-refractivity contribution in [3.05, 3.63) is 54.4 Å². The average molecular weight is 408 g/mol. The van der Waals surface area contributed by atoms with E-state index in [1.165, 1.54) is 0 Å². The van der Waals surface area contributed by atoms with Gasteiger partial charge in [0, 0.05) is 38.6 Å². The highest BCUT2D eigenvalue weighted by atomic mass is 16.5. The summed E-state index contributed by atoms with van der Waals surface area (Å²) in [5, 5.41) is 2.82. The molecule has 0 unspecified atom stereocenters. The molecular weight excluding hydrogens is 384 g/mol. The molecule has 156 valence electrons. The van der Waals surface area contributed by atoms with E-state index < -0.39 is 17.9 Å². The van der Waals surface area contributed by atoms with Gasteiger partial charge in [-0.25, -0.2) is 15.0 Å². The van der Waals surface area contributed by atoms with E-state index in [0.717, 1.165) is 5.56 Å². The maximum Gasteiger partial charge on any atom is 0.321 e. The molecule has 4 rings (SSSR count). The molecular formula is C21H24N6O3. The molecule has 2 aliphatic heterocycles. The average Bonchev–Trinajstić information content (AvgIpc) is 2.80. The monoisotopic (exact) mass is 408 g/mol. The van der Waals surface area contributed by atoms with Crippen LogP contribution in [0.15, 0.2) is 53.8 Å². The van der Waals surface area contributed by atoms with E-state index in [1.807, 2.05) is 35.2 Å². The van der Waals surface area contributed by atoms with E-state index in [-0.39, 0.29) is 12.5 Å². The fraction of sp³-hybridized carbons (Fsp3) is 0.381. The van der Waals surface area contributed by atoms with Crippen LogP contribution in [0.4, 0.5) is 5.95 Å². The molecule has 0 aliphatic carbocycles. The second-order valence-corrected chi connectivity index (χ2v) is 7.05. The normalized spacial score (nSPS) is 21.6. The van der Waals surface area contributed by atoms with Crippen molar-refractivity contribution in [2.24, 2.45) is 10.9 Å². The summed E-state index contributed by atoms with van der Waals surface area (Å²) >= 11 is 0. The number of ether oxygens (including phenoxy) is 1. The maximum absolute atomic E-state index is 12.9. The van der Waals surface area contributed by atoms with Crippen molar-refractivity contribution >= 4 is 23.8 Å². The van der Waals surface area contributed by atoms with E-state index in [1.54, 1.807) is 25.4 Å².